The molecule has 1 amide bonds. The first-order valence-electron chi connectivity index (χ1n) is 8.09. The molecule has 0 spiro atoms. The molecule has 0 atom stereocenters. The quantitative estimate of drug-likeness (QED) is 0.776. The van der Waals surface area contributed by atoms with Crippen LogP contribution in [0.1, 0.15) is 38.6 Å². The minimum Gasteiger partial charge on any atom is -0.348 e. The fourth-order valence-corrected chi connectivity index (χ4v) is 3.68. The topological polar surface area (TPSA) is 54.3 Å². The molecular formula is C15H25N5OS. The fraction of sp³-hybridized carbons (Fsp3) is 0.800. The molecule has 2 fully saturated rings. The smallest absolute Gasteiger partial charge is 0.232 e. The maximum atomic E-state index is 11.8. The fourth-order valence-electron chi connectivity index (χ4n) is 2.70. The number of hydrogen-bond donors (Lipinski definition) is 0. The van der Waals surface area contributed by atoms with Crippen molar-refractivity contribution < 1.29 is 4.79 Å². The number of nitrogens with zero attached hydrogens (tertiary/aromatic N) is 5. The van der Waals surface area contributed by atoms with E-state index in [0.717, 1.165) is 30.1 Å². The summed E-state index contributed by atoms with van der Waals surface area (Å²) < 4.78 is 2.27. The average molecular weight is 323 g/mol. The number of rotatable bonds is 5. The minimum absolute atomic E-state index is 0.115. The highest BCUT2D eigenvalue weighted by Crippen LogP contribution is 2.41. The number of aromatic nitrogens is 3. The minimum atomic E-state index is 0.115. The van der Waals surface area contributed by atoms with E-state index in [1.807, 2.05) is 0 Å². The molecule has 1 saturated carbocycles. The van der Waals surface area contributed by atoms with Crippen LogP contribution < -0.4 is 4.90 Å². The van der Waals surface area contributed by atoms with Gasteiger partial charge in [0.15, 0.2) is 5.16 Å². The van der Waals surface area contributed by atoms with Gasteiger partial charge in [-0.1, -0.05) is 18.7 Å². The molecule has 1 saturated heterocycles. The maximum absolute atomic E-state index is 11.8. The molecule has 6 nitrogen and oxygen atoms in total. The third-order valence-corrected chi connectivity index (χ3v) is 5.38. The first-order valence-corrected chi connectivity index (χ1v) is 9.07. The number of carbonyl (C=O) groups is 1. The van der Waals surface area contributed by atoms with Crippen LogP contribution >= 0.6 is 11.8 Å². The van der Waals surface area contributed by atoms with Gasteiger partial charge in [0.2, 0.25) is 11.9 Å². The Morgan fingerprint density at radius 2 is 1.91 bits per heavy atom. The zero-order chi connectivity index (χ0) is 15.7. The van der Waals surface area contributed by atoms with Crippen LogP contribution in [-0.2, 0) is 4.79 Å². The van der Waals surface area contributed by atoms with E-state index in [0.29, 0.717) is 11.8 Å². The summed E-state index contributed by atoms with van der Waals surface area (Å²) in [5.41, 5.74) is 0. The van der Waals surface area contributed by atoms with Crippen LogP contribution in [0, 0.1) is 5.92 Å². The van der Waals surface area contributed by atoms with Crippen LogP contribution in [0.15, 0.2) is 5.16 Å². The van der Waals surface area contributed by atoms with Crippen molar-refractivity contribution >= 4 is 23.6 Å². The van der Waals surface area contributed by atoms with E-state index in [4.69, 9.17) is 0 Å². The van der Waals surface area contributed by atoms with Gasteiger partial charge in [-0.25, -0.2) is 0 Å². The highest BCUT2D eigenvalue weighted by Gasteiger charge is 2.32. The van der Waals surface area contributed by atoms with Crippen molar-refractivity contribution in [2.24, 2.45) is 5.92 Å². The molecule has 1 aliphatic carbocycles. The van der Waals surface area contributed by atoms with Crippen molar-refractivity contribution in [1.82, 2.24) is 19.7 Å². The van der Waals surface area contributed by atoms with E-state index < -0.39 is 0 Å². The van der Waals surface area contributed by atoms with Gasteiger partial charge < -0.3 is 9.80 Å². The number of amides is 1. The van der Waals surface area contributed by atoms with Gasteiger partial charge in [-0.05, 0) is 31.6 Å². The predicted octanol–water partition coefficient (Wildman–Crippen LogP) is 2.03. The van der Waals surface area contributed by atoms with Gasteiger partial charge in [-0.2, -0.15) is 0 Å². The summed E-state index contributed by atoms with van der Waals surface area (Å²) in [7, 11) is 3.57. The Bertz CT molecular complexity index is 532. The lowest BCUT2D eigenvalue weighted by Gasteiger charge is -2.31. The summed E-state index contributed by atoms with van der Waals surface area (Å²) in [5.74, 6) is 2.35. The summed E-state index contributed by atoms with van der Waals surface area (Å²) in [6.07, 6.45) is 4.84. The maximum Gasteiger partial charge on any atom is 0.232 e. The molecule has 7 heteroatoms. The van der Waals surface area contributed by atoms with Crippen LogP contribution in [0.5, 0.6) is 0 Å². The zero-order valence-electron chi connectivity index (χ0n) is 13.7. The zero-order valence-corrected chi connectivity index (χ0v) is 14.5. The summed E-state index contributed by atoms with van der Waals surface area (Å²) in [4.78, 5) is 15.8. The Morgan fingerprint density at radius 1 is 1.23 bits per heavy atom. The summed E-state index contributed by atoms with van der Waals surface area (Å²) in [6, 6.07) is 0.529. The number of carbonyl (C=O) groups excluding carboxylic acids is 1. The molecule has 0 radical (unpaired) electrons. The lowest BCUT2D eigenvalue weighted by Crippen LogP contribution is -2.34. The molecule has 2 heterocycles. The first-order chi connectivity index (χ1) is 10.6. The standard InChI is InChI=1S/C15H25N5OS/c1-11-6-8-19(9-7-11)14-16-17-15(20(14)12-4-5-12)22-10-13(21)18(2)3/h11-12H,4-10H2,1-3H3. The molecule has 0 aromatic carbocycles. The van der Waals surface area contributed by atoms with Crippen molar-refractivity contribution in [2.45, 2.75) is 43.8 Å². The molecule has 1 aliphatic heterocycles. The molecule has 0 bridgehead atoms. The number of piperidine rings is 1. The van der Waals surface area contributed by atoms with Crippen LogP contribution in [0.3, 0.4) is 0 Å². The number of hydrogen-bond acceptors (Lipinski definition) is 5. The van der Waals surface area contributed by atoms with Crippen LogP contribution in [0.25, 0.3) is 0 Å². The van der Waals surface area contributed by atoms with Gasteiger partial charge in [0, 0.05) is 33.2 Å². The van der Waals surface area contributed by atoms with E-state index in [9.17, 15) is 4.79 Å². The summed E-state index contributed by atoms with van der Waals surface area (Å²) in [6.45, 7) is 4.44. The third kappa shape index (κ3) is 3.39. The second-order valence-corrected chi connectivity index (χ2v) is 7.57. The average Bonchev–Trinajstić information content (AvgIpc) is 3.25. The van der Waals surface area contributed by atoms with Crippen molar-refractivity contribution in [2.75, 3.05) is 37.8 Å². The Labute approximate surface area is 136 Å². The largest absolute Gasteiger partial charge is 0.348 e. The molecule has 22 heavy (non-hydrogen) atoms. The van der Waals surface area contributed by atoms with Gasteiger partial charge in [0.25, 0.3) is 0 Å². The van der Waals surface area contributed by atoms with E-state index in [1.54, 1.807) is 19.0 Å². The van der Waals surface area contributed by atoms with Crippen LogP contribution in [0.4, 0.5) is 5.95 Å². The molecule has 1 aromatic rings. The van der Waals surface area contributed by atoms with E-state index in [-0.39, 0.29) is 5.91 Å². The first kappa shape index (κ1) is 15.6. The highest BCUT2D eigenvalue weighted by molar-refractivity contribution is 7.99. The van der Waals surface area contributed by atoms with Crippen molar-refractivity contribution in [3.05, 3.63) is 0 Å². The number of anilines is 1. The highest BCUT2D eigenvalue weighted by atomic mass is 32.2. The Hall–Kier alpha value is -1.24. The van der Waals surface area contributed by atoms with E-state index in [1.165, 1.54) is 37.4 Å². The summed E-state index contributed by atoms with van der Waals surface area (Å²) >= 11 is 1.51. The molecule has 3 rings (SSSR count). The van der Waals surface area contributed by atoms with Gasteiger partial charge >= 0.3 is 0 Å². The monoisotopic (exact) mass is 323 g/mol. The normalized spacial score (nSPS) is 19.5. The SMILES string of the molecule is CC1CCN(c2nnc(SCC(=O)N(C)C)n2C2CC2)CC1. The molecule has 0 N–H and O–H groups in total. The molecule has 2 aliphatic rings. The van der Waals surface area contributed by atoms with Gasteiger partial charge in [0.1, 0.15) is 0 Å². The van der Waals surface area contributed by atoms with E-state index in [2.05, 4.69) is 26.6 Å². The Balaban J connectivity index is 1.73. The summed E-state index contributed by atoms with van der Waals surface area (Å²) in [5, 5.41) is 9.70. The van der Waals surface area contributed by atoms with Crippen molar-refractivity contribution in [3.8, 4) is 0 Å². The predicted molar refractivity (Wildman–Crippen MR) is 88.3 cm³/mol. The van der Waals surface area contributed by atoms with Gasteiger partial charge in [0.05, 0.1) is 5.75 Å². The third-order valence-electron chi connectivity index (χ3n) is 4.45. The molecule has 0 unspecified atom stereocenters. The van der Waals surface area contributed by atoms with Crippen molar-refractivity contribution in [1.29, 1.82) is 0 Å². The molecule has 122 valence electrons. The second kappa shape index (κ2) is 6.48. The van der Waals surface area contributed by atoms with Gasteiger partial charge in [-0.3, -0.25) is 9.36 Å². The van der Waals surface area contributed by atoms with Crippen molar-refractivity contribution in [3.63, 3.8) is 0 Å². The lowest BCUT2D eigenvalue weighted by atomic mass is 10.00. The van der Waals surface area contributed by atoms with E-state index >= 15 is 0 Å². The Kier molecular flexibility index (Phi) is 4.61. The second-order valence-electron chi connectivity index (χ2n) is 6.63. The molecular weight excluding hydrogens is 298 g/mol. The molecule has 1 aromatic heterocycles. The van der Waals surface area contributed by atoms with Gasteiger partial charge in [-0.15, -0.1) is 10.2 Å². The number of thioether (sulfide) groups is 1. The Morgan fingerprint density at radius 3 is 2.50 bits per heavy atom. The lowest BCUT2D eigenvalue weighted by molar-refractivity contribution is -0.125. The van der Waals surface area contributed by atoms with Crippen LogP contribution in [0.2, 0.25) is 0 Å². The van der Waals surface area contributed by atoms with Crippen LogP contribution in [-0.4, -0.2) is 58.5 Å².